The molecular weight excluding hydrogens is 470 g/mol. The first-order valence-electron chi connectivity index (χ1n) is 11.7. The zero-order chi connectivity index (χ0) is 24.9. The van der Waals surface area contributed by atoms with Crippen LogP contribution in [-0.4, -0.2) is 50.7 Å². The number of Topliss-reactive ketones (excluding diaryl/α,β-unsaturated/α-hetero) is 1. The Morgan fingerprint density at radius 3 is 2.63 bits per heavy atom. The van der Waals surface area contributed by atoms with E-state index in [1.165, 1.54) is 0 Å². The lowest BCUT2D eigenvalue weighted by molar-refractivity contribution is -0.140. The minimum Gasteiger partial charge on any atom is -0.493 e. The third-order valence-electron chi connectivity index (χ3n) is 6.35. The molecule has 2 aromatic rings. The van der Waals surface area contributed by atoms with Crippen LogP contribution in [0, 0.1) is 0 Å². The second-order valence-electron chi connectivity index (χ2n) is 8.53. The Kier molecular flexibility index (Phi) is 7.98. The first-order chi connectivity index (χ1) is 17.0. The number of esters is 1. The molecule has 2 aliphatic heterocycles. The van der Waals surface area contributed by atoms with Gasteiger partial charge in [-0.2, -0.15) is 0 Å². The zero-order valence-corrected chi connectivity index (χ0v) is 21.0. The highest BCUT2D eigenvalue weighted by Crippen LogP contribution is 2.48. The minimum absolute atomic E-state index is 0.0728. The topological polar surface area (TPSA) is 74.3 Å². The maximum absolute atomic E-state index is 13.0. The van der Waals surface area contributed by atoms with Crippen LogP contribution in [0.5, 0.6) is 11.5 Å². The van der Waals surface area contributed by atoms with E-state index in [-0.39, 0.29) is 36.5 Å². The van der Waals surface area contributed by atoms with Crippen LogP contribution in [0.15, 0.2) is 48.2 Å². The van der Waals surface area contributed by atoms with Gasteiger partial charge >= 0.3 is 5.97 Å². The van der Waals surface area contributed by atoms with Crippen molar-refractivity contribution in [2.45, 2.75) is 38.3 Å². The average molecular weight is 500 g/mol. The van der Waals surface area contributed by atoms with Crippen molar-refractivity contribution >= 4 is 23.4 Å². The van der Waals surface area contributed by atoms with Gasteiger partial charge in [0, 0.05) is 37.8 Å². The van der Waals surface area contributed by atoms with E-state index in [0.29, 0.717) is 36.2 Å². The molecule has 0 spiro atoms. The van der Waals surface area contributed by atoms with E-state index in [1.54, 1.807) is 27.3 Å². The van der Waals surface area contributed by atoms with E-state index < -0.39 is 5.97 Å². The van der Waals surface area contributed by atoms with Crippen molar-refractivity contribution in [3.63, 3.8) is 0 Å². The van der Waals surface area contributed by atoms with Crippen LogP contribution >= 0.6 is 11.6 Å². The van der Waals surface area contributed by atoms with Crippen LogP contribution in [0.3, 0.4) is 0 Å². The lowest BCUT2D eigenvalue weighted by atomic mass is 9.81. The predicted molar refractivity (Wildman–Crippen MR) is 132 cm³/mol. The average Bonchev–Trinajstić information content (AvgIpc) is 2.85. The smallest absolute Gasteiger partial charge is 0.343 e. The largest absolute Gasteiger partial charge is 0.493 e. The van der Waals surface area contributed by atoms with Crippen molar-refractivity contribution in [1.29, 1.82) is 0 Å². The van der Waals surface area contributed by atoms with Crippen molar-refractivity contribution in [2.75, 3.05) is 34.0 Å². The van der Waals surface area contributed by atoms with Crippen LogP contribution in [0.4, 0.5) is 0 Å². The monoisotopic (exact) mass is 499 g/mol. The molecule has 0 amide bonds. The summed E-state index contributed by atoms with van der Waals surface area (Å²) in [6.07, 6.45) is 3.22. The SMILES string of the molecule is CCOC(=O)C1=CN2C(c3cccc(Cl)c3)Cc3cc(OCCCOC)c(OC)cc3C2CC1=O. The molecule has 2 aliphatic rings. The highest BCUT2D eigenvalue weighted by molar-refractivity contribution is 6.30. The molecule has 8 heteroatoms. The Labute approximate surface area is 210 Å². The van der Waals surface area contributed by atoms with E-state index in [2.05, 4.69) is 4.90 Å². The molecule has 4 rings (SSSR count). The molecule has 0 saturated carbocycles. The number of benzene rings is 2. The summed E-state index contributed by atoms with van der Waals surface area (Å²) in [5.74, 6) is 0.436. The molecule has 186 valence electrons. The predicted octanol–water partition coefficient (Wildman–Crippen LogP) is 4.82. The van der Waals surface area contributed by atoms with Gasteiger partial charge < -0.3 is 23.8 Å². The first-order valence-corrected chi connectivity index (χ1v) is 12.1. The van der Waals surface area contributed by atoms with Crippen LogP contribution in [-0.2, 0) is 25.5 Å². The van der Waals surface area contributed by atoms with E-state index in [4.69, 9.17) is 30.5 Å². The van der Waals surface area contributed by atoms with Gasteiger partial charge in [-0.1, -0.05) is 23.7 Å². The second-order valence-corrected chi connectivity index (χ2v) is 8.96. The van der Waals surface area contributed by atoms with Gasteiger partial charge in [-0.25, -0.2) is 4.79 Å². The molecule has 35 heavy (non-hydrogen) atoms. The summed E-state index contributed by atoms with van der Waals surface area (Å²) in [6.45, 7) is 3.04. The van der Waals surface area contributed by atoms with Gasteiger partial charge in [0.2, 0.25) is 0 Å². The van der Waals surface area contributed by atoms with Crippen LogP contribution in [0.25, 0.3) is 0 Å². The Morgan fingerprint density at radius 2 is 1.91 bits per heavy atom. The van der Waals surface area contributed by atoms with Gasteiger partial charge in [0.05, 0.1) is 32.4 Å². The number of methoxy groups -OCH3 is 2. The molecule has 0 saturated heterocycles. The van der Waals surface area contributed by atoms with Gasteiger partial charge in [-0.15, -0.1) is 0 Å². The summed E-state index contributed by atoms with van der Waals surface area (Å²) in [5.41, 5.74) is 3.13. The molecule has 0 radical (unpaired) electrons. The van der Waals surface area contributed by atoms with Crippen molar-refractivity contribution in [2.24, 2.45) is 0 Å². The molecule has 0 aromatic heterocycles. The Bertz CT molecular complexity index is 1130. The molecular formula is C27H30ClNO6. The zero-order valence-electron chi connectivity index (χ0n) is 20.2. The number of ketones is 1. The van der Waals surface area contributed by atoms with E-state index in [0.717, 1.165) is 23.1 Å². The number of hydrogen-bond acceptors (Lipinski definition) is 7. The quantitative estimate of drug-likeness (QED) is 0.278. The summed E-state index contributed by atoms with van der Waals surface area (Å²) < 4.78 is 21.9. The van der Waals surface area contributed by atoms with Crippen molar-refractivity contribution in [1.82, 2.24) is 4.90 Å². The molecule has 2 aromatic carbocycles. The summed E-state index contributed by atoms with van der Waals surface area (Å²) >= 11 is 6.32. The number of rotatable bonds is 9. The molecule has 7 nitrogen and oxygen atoms in total. The van der Waals surface area contributed by atoms with Crippen LogP contribution < -0.4 is 9.47 Å². The van der Waals surface area contributed by atoms with E-state index in [1.807, 2.05) is 36.4 Å². The fraction of sp³-hybridized carbons (Fsp3) is 0.407. The fourth-order valence-electron chi connectivity index (χ4n) is 4.74. The van der Waals surface area contributed by atoms with Crippen LogP contribution in [0.2, 0.25) is 5.02 Å². The Balaban J connectivity index is 1.77. The number of nitrogens with zero attached hydrogens (tertiary/aromatic N) is 1. The summed E-state index contributed by atoms with van der Waals surface area (Å²) in [7, 11) is 3.26. The molecule has 2 heterocycles. The van der Waals surface area contributed by atoms with Crippen LogP contribution in [0.1, 0.15) is 48.5 Å². The molecule has 0 fully saturated rings. The third kappa shape index (κ3) is 5.31. The number of carbonyl (C=O) groups excluding carboxylic acids is 2. The van der Waals surface area contributed by atoms with E-state index in [9.17, 15) is 9.59 Å². The Hall–Kier alpha value is -3.03. The maximum atomic E-state index is 13.0. The summed E-state index contributed by atoms with van der Waals surface area (Å²) in [4.78, 5) is 27.6. The highest BCUT2D eigenvalue weighted by atomic mass is 35.5. The highest BCUT2D eigenvalue weighted by Gasteiger charge is 2.41. The molecule has 0 N–H and O–H groups in total. The lowest BCUT2D eigenvalue weighted by Gasteiger charge is -2.45. The standard InChI is InChI=1S/C27H30ClNO6/c1-4-34-27(31)21-16-29-22(17-7-5-8-19(28)11-17)12-18-13-26(35-10-6-9-32-2)25(33-3)14-20(18)23(29)15-24(21)30/h5,7-8,11,13-14,16,22-23H,4,6,9-10,12,15H2,1-3H3. The maximum Gasteiger partial charge on any atom is 0.343 e. The van der Waals surface area contributed by atoms with Crippen molar-refractivity contribution in [3.8, 4) is 11.5 Å². The Morgan fingerprint density at radius 1 is 1.09 bits per heavy atom. The number of ether oxygens (including phenoxy) is 4. The van der Waals surface area contributed by atoms with Gasteiger partial charge in [0.25, 0.3) is 0 Å². The molecule has 2 atom stereocenters. The summed E-state index contributed by atoms with van der Waals surface area (Å²) in [5, 5.41) is 0.629. The second kappa shape index (κ2) is 11.1. The van der Waals surface area contributed by atoms with E-state index >= 15 is 0 Å². The minimum atomic E-state index is -0.594. The molecule has 0 aliphatic carbocycles. The van der Waals surface area contributed by atoms with Gasteiger partial charge in [-0.3, -0.25) is 4.79 Å². The summed E-state index contributed by atoms with van der Waals surface area (Å²) in [6, 6.07) is 11.2. The lowest BCUT2D eigenvalue weighted by Crippen LogP contribution is -2.40. The number of fused-ring (bicyclic) bond motifs is 3. The first kappa shape index (κ1) is 25.1. The fourth-order valence-corrected chi connectivity index (χ4v) is 4.93. The van der Waals surface area contributed by atoms with Gasteiger partial charge in [-0.05, 0) is 54.3 Å². The normalized spacial score (nSPS) is 18.9. The molecule has 2 unspecified atom stereocenters. The number of carbonyl (C=O) groups is 2. The number of hydrogen-bond donors (Lipinski definition) is 0. The number of halogens is 1. The van der Waals surface area contributed by atoms with Gasteiger partial charge in [0.1, 0.15) is 5.57 Å². The van der Waals surface area contributed by atoms with Gasteiger partial charge in [0.15, 0.2) is 17.3 Å². The van der Waals surface area contributed by atoms with Crippen molar-refractivity contribution < 1.29 is 28.5 Å². The third-order valence-corrected chi connectivity index (χ3v) is 6.59. The molecule has 0 bridgehead atoms. The van der Waals surface area contributed by atoms with Crippen molar-refractivity contribution in [3.05, 3.63) is 69.9 Å².